The second-order valence-corrected chi connectivity index (χ2v) is 6.15. The number of hydrogen-bond acceptors (Lipinski definition) is 2. The predicted octanol–water partition coefficient (Wildman–Crippen LogP) is 1.65. The summed E-state index contributed by atoms with van der Waals surface area (Å²) in [6.45, 7) is 1.91. The first-order valence-corrected chi connectivity index (χ1v) is 5.90. The molecule has 0 amide bonds. The van der Waals surface area contributed by atoms with Gasteiger partial charge in [0.2, 0.25) is 0 Å². The van der Waals surface area contributed by atoms with Gasteiger partial charge in [0, 0.05) is 0 Å². The highest BCUT2D eigenvalue weighted by molar-refractivity contribution is 5.75. The Kier molecular flexibility index (Phi) is 1.65. The molecule has 3 nitrogen and oxygen atoms in total. The third-order valence-corrected chi connectivity index (χ3v) is 5.30. The normalized spacial score (nSPS) is 57.1. The van der Waals surface area contributed by atoms with E-state index in [1.165, 1.54) is 0 Å². The van der Waals surface area contributed by atoms with Gasteiger partial charge in [0.05, 0.1) is 11.0 Å². The lowest BCUT2D eigenvalue weighted by molar-refractivity contribution is -0.205. The maximum atomic E-state index is 11.4. The Morgan fingerprint density at radius 1 is 1.20 bits per heavy atom. The van der Waals surface area contributed by atoms with E-state index in [0.717, 1.165) is 19.3 Å². The lowest BCUT2D eigenvalue weighted by atomic mass is 9.45. The molecule has 84 valence electrons. The van der Waals surface area contributed by atoms with Gasteiger partial charge in [0.25, 0.3) is 0 Å². The minimum Gasteiger partial charge on any atom is -0.481 e. The number of aliphatic hydroxyl groups is 1. The van der Waals surface area contributed by atoms with Gasteiger partial charge in [-0.25, -0.2) is 0 Å². The van der Waals surface area contributed by atoms with E-state index in [2.05, 4.69) is 0 Å². The summed E-state index contributed by atoms with van der Waals surface area (Å²) in [7, 11) is 0. The highest BCUT2D eigenvalue weighted by Gasteiger charge is 2.62. The van der Waals surface area contributed by atoms with Crippen LogP contribution in [0.25, 0.3) is 0 Å². The van der Waals surface area contributed by atoms with Gasteiger partial charge < -0.3 is 10.2 Å². The van der Waals surface area contributed by atoms with Crippen LogP contribution < -0.4 is 0 Å². The zero-order chi connectivity index (χ0) is 10.8. The summed E-state index contributed by atoms with van der Waals surface area (Å²) >= 11 is 0. The second kappa shape index (κ2) is 2.57. The first-order chi connectivity index (χ1) is 6.94. The van der Waals surface area contributed by atoms with E-state index in [1.807, 2.05) is 6.92 Å². The van der Waals surface area contributed by atoms with Gasteiger partial charge in [0.1, 0.15) is 0 Å². The minimum absolute atomic E-state index is 0.222. The van der Waals surface area contributed by atoms with Crippen molar-refractivity contribution in [2.24, 2.45) is 23.2 Å². The lowest BCUT2D eigenvalue weighted by Gasteiger charge is -2.61. The molecule has 4 bridgehead atoms. The molecule has 0 heterocycles. The molecule has 2 N–H and O–H groups in total. The fraction of sp³-hybridized carbons (Fsp3) is 0.917. The van der Waals surface area contributed by atoms with E-state index in [0.29, 0.717) is 18.8 Å². The van der Waals surface area contributed by atoms with Crippen molar-refractivity contribution in [3.63, 3.8) is 0 Å². The molecule has 0 unspecified atom stereocenters. The summed E-state index contributed by atoms with van der Waals surface area (Å²) in [5.74, 6) is 0.371. The molecule has 0 aromatic rings. The Balaban J connectivity index is 2.00. The van der Waals surface area contributed by atoms with Crippen LogP contribution in [0.3, 0.4) is 0 Å². The van der Waals surface area contributed by atoms with Gasteiger partial charge in [-0.3, -0.25) is 4.79 Å². The van der Waals surface area contributed by atoms with Gasteiger partial charge >= 0.3 is 5.97 Å². The highest BCUT2D eigenvalue weighted by atomic mass is 16.4. The molecule has 0 spiro atoms. The highest BCUT2D eigenvalue weighted by Crippen LogP contribution is 2.63. The van der Waals surface area contributed by atoms with Gasteiger partial charge in [-0.15, -0.1) is 0 Å². The quantitative estimate of drug-likeness (QED) is 0.692. The summed E-state index contributed by atoms with van der Waals surface area (Å²) in [5.41, 5.74) is -1.09. The third kappa shape index (κ3) is 1.07. The van der Waals surface area contributed by atoms with Crippen LogP contribution in [0.5, 0.6) is 0 Å². The number of aliphatic carboxylic acids is 1. The molecule has 0 aromatic carbocycles. The lowest BCUT2D eigenvalue weighted by Crippen LogP contribution is -2.61. The van der Waals surface area contributed by atoms with Crippen LogP contribution in [-0.2, 0) is 4.79 Å². The molecular weight excluding hydrogens is 192 g/mol. The Bertz CT molecular complexity index is 303. The average molecular weight is 210 g/mol. The van der Waals surface area contributed by atoms with Crippen molar-refractivity contribution < 1.29 is 15.0 Å². The maximum absolute atomic E-state index is 11.4. The minimum atomic E-state index is -0.627. The van der Waals surface area contributed by atoms with E-state index in [4.69, 9.17) is 0 Å². The Morgan fingerprint density at radius 2 is 1.73 bits per heavy atom. The van der Waals surface area contributed by atoms with Crippen LogP contribution in [0.1, 0.15) is 39.0 Å². The number of carboxylic acids is 1. The van der Waals surface area contributed by atoms with E-state index < -0.39 is 17.0 Å². The van der Waals surface area contributed by atoms with Crippen molar-refractivity contribution in [1.82, 2.24) is 0 Å². The van der Waals surface area contributed by atoms with Crippen LogP contribution in [0.2, 0.25) is 0 Å². The predicted molar refractivity (Wildman–Crippen MR) is 54.2 cm³/mol. The van der Waals surface area contributed by atoms with E-state index >= 15 is 0 Å². The molecule has 0 saturated heterocycles. The van der Waals surface area contributed by atoms with Gasteiger partial charge in [-0.1, -0.05) is 0 Å². The Morgan fingerprint density at radius 3 is 2.20 bits per heavy atom. The summed E-state index contributed by atoms with van der Waals surface area (Å²) in [4.78, 5) is 11.4. The molecule has 0 radical (unpaired) electrons. The zero-order valence-electron chi connectivity index (χ0n) is 9.07. The van der Waals surface area contributed by atoms with Crippen LogP contribution >= 0.6 is 0 Å². The van der Waals surface area contributed by atoms with E-state index in [-0.39, 0.29) is 11.8 Å². The van der Waals surface area contributed by atoms with Crippen molar-refractivity contribution in [3.8, 4) is 0 Å². The zero-order valence-corrected chi connectivity index (χ0v) is 9.07. The molecule has 3 heteroatoms. The monoisotopic (exact) mass is 210 g/mol. The molecule has 2 atom stereocenters. The summed E-state index contributed by atoms with van der Waals surface area (Å²) in [5, 5.41) is 19.8. The molecular formula is C12H18O3. The average Bonchev–Trinajstić information content (AvgIpc) is 2.13. The van der Waals surface area contributed by atoms with Crippen LogP contribution in [0, 0.1) is 23.2 Å². The van der Waals surface area contributed by atoms with Crippen LogP contribution in [0.15, 0.2) is 0 Å². The smallest absolute Gasteiger partial charge is 0.309 e. The standard InChI is InChI=1S/C12H18O3/c1-11(15)8-2-7-3-9(11)6-12(4-7,5-8)10(13)14/h7-9,15H,2-6H2,1H3,(H,13,14)/t7?,8-,9-,11-,12-/m0/s1. The number of hydrogen-bond donors (Lipinski definition) is 2. The topological polar surface area (TPSA) is 57.5 Å². The second-order valence-electron chi connectivity index (χ2n) is 6.15. The van der Waals surface area contributed by atoms with Crippen molar-refractivity contribution in [1.29, 1.82) is 0 Å². The van der Waals surface area contributed by atoms with E-state index in [9.17, 15) is 15.0 Å². The first-order valence-electron chi connectivity index (χ1n) is 5.90. The molecule has 4 saturated carbocycles. The summed E-state index contributed by atoms with van der Waals surface area (Å²) < 4.78 is 0. The Hall–Kier alpha value is -0.570. The molecule has 0 aliphatic heterocycles. The van der Waals surface area contributed by atoms with E-state index in [1.54, 1.807) is 0 Å². The van der Waals surface area contributed by atoms with Crippen molar-refractivity contribution in [3.05, 3.63) is 0 Å². The third-order valence-electron chi connectivity index (χ3n) is 5.30. The maximum Gasteiger partial charge on any atom is 0.309 e. The fourth-order valence-electron chi connectivity index (χ4n) is 4.47. The van der Waals surface area contributed by atoms with Crippen LogP contribution in [-0.4, -0.2) is 21.8 Å². The molecule has 15 heavy (non-hydrogen) atoms. The van der Waals surface area contributed by atoms with Crippen molar-refractivity contribution in [2.75, 3.05) is 0 Å². The first kappa shape index (κ1) is 9.64. The van der Waals surface area contributed by atoms with Crippen molar-refractivity contribution >= 4 is 5.97 Å². The van der Waals surface area contributed by atoms with Crippen molar-refractivity contribution in [2.45, 2.75) is 44.6 Å². The summed E-state index contributed by atoms with van der Waals surface area (Å²) in [6, 6.07) is 0. The largest absolute Gasteiger partial charge is 0.481 e. The molecule has 4 aliphatic carbocycles. The number of carbonyl (C=O) groups is 1. The fourth-order valence-corrected chi connectivity index (χ4v) is 4.47. The molecule has 4 rings (SSSR count). The summed E-state index contributed by atoms with van der Waals surface area (Å²) in [6.07, 6.45) is 4.33. The molecule has 4 fully saturated rings. The number of rotatable bonds is 1. The van der Waals surface area contributed by atoms with Gasteiger partial charge in [0.15, 0.2) is 0 Å². The van der Waals surface area contributed by atoms with Crippen LogP contribution in [0.4, 0.5) is 0 Å². The SMILES string of the molecule is C[C@]1(O)[C@H]2CC3C[C@H]1C[C@](C(=O)O)(C3)C2. The molecule has 0 aromatic heterocycles. The van der Waals surface area contributed by atoms with Gasteiger partial charge in [-0.2, -0.15) is 0 Å². The molecule has 4 aliphatic rings. The number of carboxylic acid groups (broad SMARTS) is 1. The van der Waals surface area contributed by atoms with Gasteiger partial charge in [-0.05, 0) is 56.8 Å². The Labute approximate surface area is 89.5 Å².